The topological polar surface area (TPSA) is 148 Å². The largest absolute Gasteiger partial charge is 0.489 e. The van der Waals surface area contributed by atoms with Crippen LogP contribution in [0.5, 0.6) is 5.75 Å². The molecule has 1 amide bonds. The molecule has 12 heteroatoms. The molecule has 4 aromatic rings. The molecule has 1 aliphatic rings. The number of carbonyl (C=O) groups excluding carboxylic acids is 1. The number of hydrogen-bond acceptors (Lipinski definition) is 8. The van der Waals surface area contributed by atoms with Gasteiger partial charge >= 0.3 is 0 Å². The minimum Gasteiger partial charge on any atom is -0.489 e. The number of aryl methyl sites for hydroxylation is 1. The van der Waals surface area contributed by atoms with E-state index in [-0.39, 0.29) is 24.0 Å². The van der Waals surface area contributed by atoms with Gasteiger partial charge in [0.25, 0.3) is 16.1 Å². The average Bonchev–Trinajstić information content (AvgIpc) is 3.58. The molecule has 1 saturated heterocycles. The van der Waals surface area contributed by atoms with Gasteiger partial charge in [0.2, 0.25) is 5.91 Å². The van der Waals surface area contributed by atoms with Crippen LogP contribution in [0.4, 0.5) is 16.1 Å². The van der Waals surface area contributed by atoms with Crippen LogP contribution in [-0.2, 0) is 21.5 Å². The molecule has 0 radical (unpaired) electrons. The van der Waals surface area contributed by atoms with Crippen LogP contribution in [0, 0.1) is 6.92 Å². The number of rotatable bonds is 9. The first-order valence-electron chi connectivity index (χ1n) is 12.8. The number of oxazole rings is 1. The second-order valence-electron chi connectivity index (χ2n) is 9.37. The maximum Gasteiger partial charge on any atom is 0.295 e. The number of fused-ring (bicyclic) bond motifs is 1. The van der Waals surface area contributed by atoms with Crippen molar-refractivity contribution in [1.29, 1.82) is 0 Å². The van der Waals surface area contributed by atoms with Crippen LogP contribution in [0.25, 0.3) is 11.1 Å². The molecular weight excluding hydrogens is 551 g/mol. The van der Waals surface area contributed by atoms with Gasteiger partial charge in [-0.15, -0.1) is 0 Å². The van der Waals surface area contributed by atoms with Crippen LogP contribution in [0.2, 0.25) is 0 Å². The Labute approximate surface area is 237 Å². The molecule has 0 spiro atoms. The lowest BCUT2D eigenvalue weighted by atomic mass is 10.2. The Bertz CT molecular complexity index is 1620. The molecule has 10 nitrogen and oxygen atoms in total. The van der Waals surface area contributed by atoms with E-state index < -0.39 is 10.1 Å². The molecule has 41 heavy (non-hydrogen) atoms. The number of carbonyl (C=O) groups is 1. The fourth-order valence-electron chi connectivity index (χ4n) is 3.98. The zero-order valence-electron chi connectivity index (χ0n) is 22.4. The second kappa shape index (κ2) is 13.4. The molecule has 216 valence electrons. The molecule has 0 aliphatic carbocycles. The number of halogens is 1. The Hall–Kier alpha value is -4.26. The van der Waals surface area contributed by atoms with Crippen molar-refractivity contribution in [1.82, 2.24) is 4.98 Å². The monoisotopic (exact) mass is 582 g/mol. The van der Waals surface area contributed by atoms with Crippen LogP contribution in [0.1, 0.15) is 24.0 Å². The van der Waals surface area contributed by atoms with Gasteiger partial charge in [-0.3, -0.25) is 9.35 Å². The number of anilines is 2. The average molecular weight is 583 g/mol. The highest BCUT2D eigenvalue weighted by Crippen LogP contribution is 2.25. The normalized spacial score (nSPS) is 13.7. The van der Waals surface area contributed by atoms with Crippen molar-refractivity contribution < 1.29 is 31.3 Å². The van der Waals surface area contributed by atoms with Crippen molar-refractivity contribution in [2.75, 3.05) is 29.9 Å². The zero-order valence-corrected chi connectivity index (χ0v) is 23.2. The maximum absolute atomic E-state index is 12.6. The number of benzene rings is 3. The van der Waals surface area contributed by atoms with Gasteiger partial charge in [0.05, 0.1) is 11.2 Å². The summed E-state index contributed by atoms with van der Waals surface area (Å²) in [7, 11) is -4.02. The molecule has 2 heterocycles. The Balaban J connectivity index is 0.000000296. The van der Waals surface area contributed by atoms with Gasteiger partial charge in [-0.05, 0) is 55.3 Å². The summed E-state index contributed by atoms with van der Waals surface area (Å²) in [6.45, 7) is 3.34. The van der Waals surface area contributed by atoms with Crippen molar-refractivity contribution in [3.05, 3.63) is 89.8 Å². The van der Waals surface area contributed by atoms with Crippen molar-refractivity contribution >= 4 is 38.8 Å². The molecule has 3 aromatic carbocycles. The molecular formula is C29H31FN4O6S. The van der Waals surface area contributed by atoms with E-state index in [4.69, 9.17) is 19.4 Å². The molecule has 0 atom stereocenters. The third-order valence-corrected chi connectivity index (χ3v) is 7.15. The quantitative estimate of drug-likeness (QED) is 0.232. The number of amides is 1. The summed E-state index contributed by atoms with van der Waals surface area (Å²) in [5.74, 6) is 0.723. The highest BCUT2D eigenvalue weighted by Gasteiger charge is 2.21. The van der Waals surface area contributed by atoms with Gasteiger partial charge in [0.15, 0.2) is 5.58 Å². The molecule has 1 fully saturated rings. The van der Waals surface area contributed by atoms with Crippen LogP contribution in [0.3, 0.4) is 0 Å². The zero-order chi connectivity index (χ0) is 29.4. The number of nitrogens with one attached hydrogen (secondary N) is 1. The lowest BCUT2D eigenvalue weighted by Gasteiger charge is -2.15. The smallest absolute Gasteiger partial charge is 0.295 e. The van der Waals surface area contributed by atoms with Gasteiger partial charge in [-0.25, -0.2) is 4.39 Å². The SMILES string of the molecule is Cc1ccc(S(=O)(=O)O)cc1.NC/C(=C/F)COc1ccc2nc(NCc3ccc(N4CCCC4=O)cc3)oc2c1. The lowest BCUT2D eigenvalue weighted by Crippen LogP contribution is -2.23. The van der Waals surface area contributed by atoms with E-state index in [1.54, 1.807) is 30.3 Å². The second-order valence-corrected chi connectivity index (χ2v) is 10.8. The van der Waals surface area contributed by atoms with Crippen molar-refractivity contribution in [2.45, 2.75) is 31.2 Å². The first-order chi connectivity index (χ1) is 19.7. The number of hydrogen-bond donors (Lipinski definition) is 3. The van der Waals surface area contributed by atoms with Crippen molar-refractivity contribution in [3.63, 3.8) is 0 Å². The van der Waals surface area contributed by atoms with Crippen LogP contribution >= 0.6 is 0 Å². The third-order valence-electron chi connectivity index (χ3n) is 6.28. The minimum absolute atomic E-state index is 0.0666. The Kier molecular flexibility index (Phi) is 9.71. The third kappa shape index (κ3) is 8.13. The summed E-state index contributed by atoms with van der Waals surface area (Å²) in [5, 5.41) is 3.16. The molecule has 4 N–H and O–H groups in total. The van der Waals surface area contributed by atoms with Crippen molar-refractivity contribution in [2.24, 2.45) is 5.73 Å². The highest BCUT2D eigenvalue weighted by atomic mass is 32.2. The standard InChI is InChI=1S/C22H23FN4O3.C7H8O3S/c23-11-16(12-24)14-29-18-7-8-19-20(10-18)30-22(26-19)25-13-15-3-5-17(6-4-15)27-9-1-2-21(27)28;1-6-2-4-7(5-3-6)11(8,9)10/h3-8,10-11H,1-2,9,12-14,24H2,(H,25,26);2-5H,1H3,(H,8,9,10)/b16-11-;. The van der Waals surface area contributed by atoms with E-state index in [2.05, 4.69) is 10.3 Å². The van der Waals surface area contributed by atoms with Gasteiger partial charge in [-0.1, -0.05) is 29.8 Å². The first-order valence-corrected chi connectivity index (χ1v) is 14.3. The fraction of sp³-hybridized carbons (Fsp3) is 0.241. The predicted octanol–water partition coefficient (Wildman–Crippen LogP) is 5.00. The van der Waals surface area contributed by atoms with Gasteiger partial charge in [0, 0.05) is 43.4 Å². The van der Waals surface area contributed by atoms with E-state index in [1.807, 2.05) is 36.1 Å². The molecule has 1 aliphatic heterocycles. The van der Waals surface area contributed by atoms with E-state index in [0.717, 1.165) is 29.8 Å². The van der Waals surface area contributed by atoms with E-state index in [9.17, 15) is 17.6 Å². The van der Waals surface area contributed by atoms with Crippen LogP contribution in [-0.4, -0.2) is 43.6 Å². The Morgan fingerprint density at radius 2 is 1.90 bits per heavy atom. The van der Waals surface area contributed by atoms with Gasteiger partial charge in [0.1, 0.15) is 17.9 Å². The van der Waals surface area contributed by atoms with Crippen LogP contribution in [0.15, 0.2) is 87.9 Å². The number of nitrogens with zero attached hydrogens (tertiary/aromatic N) is 2. The first kappa shape index (κ1) is 29.7. The summed E-state index contributed by atoms with van der Waals surface area (Å²) < 4.78 is 53.4. The van der Waals surface area contributed by atoms with E-state index in [0.29, 0.717) is 47.7 Å². The Morgan fingerprint density at radius 3 is 2.51 bits per heavy atom. The lowest BCUT2D eigenvalue weighted by molar-refractivity contribution is -0.117. The minimum atomic E-state index is -4.02. The number of nitrogens with two attached hydrogens (primary N) is 1. The van der Waals surface area contributed by atoms with Gasteiger partial charge in [-0.2, -0.15) is 13.4 Å². The molecule has 0 saturated carbocycles. The summed E-state index contributed by atoms with van der Waals surface area (Å²) in [5.41, 5.74) is 9.98. The maximum atomic E-state index is 12.6. The molecule has 0 bridgehead atoms. The fourth-order valence-corrected chi connectivity index (χ4v) is 4.46. The van der Waals surface area contributed by atoms with E-state index in [1.165, 1.54) is 12.1 Å². The van der Waals surface area contributed by atoms with Crippen LogP contribution < -0.4 is 20.7 Å². The molecule has 5 rings (SSSR count). The predicted molar refractivity (Wildman–Crippen MR) is 154 cm³/mol. The summed E-state index contributed by atoms with van der Waals surface area (Å²) in [6, 6.07) is 19.5. The van der Waals surface area contributed by atoms with Gasteiger partial charge < -0.3 is 25.1 Å². The summed E-state index contributed by atoms with van der Waals surface area (Å²) in [4.78, 5) is 18.0. The highest BCUT2D eigenvalue weighted by molar-refractivity contribution is 7.85. The molecule has 1 aromatic heterocycles. The summed E-state index contributed by atoms with van der Waals surface area (Å²) >= 11 is 0. The number of ether oxygens (including phenoxy) is 1. The number of aromatic nitrogens is 1. The Morgan fingerprint density at radius 1 is 1.17 bits per heavy atom. The summed E-state index contributed by atoms with van der Waals surface area (Å²) in [6.07, 6.45) is 1.99. The van der Waals surface area contributed by atoms with E-state index >= 15 is 0 Å². The van der Waals surface area contributed by atoms with Crippen molar-refractivity contribution in [3.8, 4) is 5.75 Å². The molecule has 0 unspecified atom stereocenters.